The summed E-state index contributed by atoms with van der Waals surface area (Å²) in [7, 11) is 0. The van der Waals surface area contributed by atoms with Crippen molar-refractivity contribution >= 4 is 27.5 Å². The van der Waals surface area contributed by atoms with Gasteiger partial charge in [-0.15, -0.1) is 10.2 Å². The van der Waals surface area contributed by atoms with Crippen LogP contribution in [0.15, 0.2) is 29.1 Å². The number of rotatable bonds is 3. The minimum absolute atomic E-state index is 0.242. The van der Waals surface area contributed by atoms with E-state index in [1.807, 2.05) is 0 Å². The number of aromatic nitrogens is 4. The third-order valence-corrected chi connectivity index (χ3v) is 4.21. The van der Waals surface area contributed by atoms with E-state index in [4.69, 9.17) is 4.74 Å². The Balaban J connectivity index is 1.67. The highest BCUT2D eigenvalue weighted by atomic mass is 79.9. The normalized spacial score (nSPS) is 13.2. The van der Waals surface area contributed by atoms with Gasteiger partial charge in [-0.25, -0.2) is 9.37 Å². The Hall–Kier alpha value is -2.22. The molecule has 22 heavy (non-hydrogen) atoms. The van der Waals surface area contributed by atoms with Crippen LogP contribution in [0.3, 0.4) is 0 Å². The van der Waals surface area contributed by atoms with E-state index in [9.17, 15) is 4.39 Å². The molecule has 2 aromatic heterocycles. The summed E-state index contributed by atoms with van der Waals surface area (Å²) in [6.45, 7) is 0.915. The zero-order chi connectivity index (χ0) is 15.1. The largest absolute Gasteiger partial charge is 0.493 e. The van der Waals surface area contributed by atoms with Crippen LogP contribution in [0.25, 0.3) is 5.65 Å². The molecule has 112 valence electrons. The molecule has 0 bridgehead atoms. The molecular formula is C14H11BrFN5O. The summed E-state index contributed by atoms with van der Waals surface area (Å²) in [5.41, 5.74) is 2.19. The zero-order valence-corrected chi connectivity index (χ0v) is 13.0. The van der Waals surface area contributed by atoms with Crippen LogP contribution < -0.4 is 10.1 Å². The van der Waals surface area contributed by atoms with Crippen LogP contribution in [0.5, 0.6) is 5.75 Å². The molecule has 8 heteroatoms. The number of anilines is 1. The number of nitrogens with one attached hydrogen (secondary N) is 1. The highest BCUT2D eigenvalue weighted by Crippen LogP contribution is 2.30. The predicted octanol–water partition coefficient (Wildman–Crippen LogP) is 2.57. The Labute approximate surface area is 133 Å². The van der Waals surface area contributed by atoms with Crippen molar-refractivity contribution in [1.82, 2.24) is 19.6 Å². The molecule has 0 spiro atoms. The van der Waals surface area contributed by atoms with Crippen molar-refractivity contribution in [2.45, 2.75) is 13.0 Å². The summed E-state index contributed by atoms with van der Waals surface area (Å²) >= 11 is 3.37. The first-order valence-corrected chi connectivity index (χ1v) is 7.54. The molecule has 0 unspecified atom stereocenters. The minimum atomic E-state index is -0.242. The van der Waals surface area contributed by atoms with E-state index in [2.05, 4.69) is 36.4 Å². The first kappa shape index (κ1) is 13.4. The highest BCUT2D eigenvalue weighted by Gasteiger charge is 2.19. The number of ether oxygens (including phenoxy) is 1. The molecule has 1 aliphatic heterocycles. The molecule has 1 aromatic carbocycles. The predicted molar refractivity (Wildman–Crippen MR) is 81.4 cm³/mol. The van der Waals surface area contributed by atoms with E-state index >= 15 is 0 Å². The highest BCUT2D eigenvalue weighted by molar-refractivity contribution is 9.10. The van der Waals surface area contributed by atoms with Gasteiger partial charge in [-0.05, 0) is 28.1 Å². The lowest BCUT2D eigenvalue weighted by Crippen LogP contribution is -2.09. The summed E-state index contributed by atoms with van der Waals surface area (Å²) in [6.07, 6.45) is 3.92. The molecule has 0 saturated heterocycles. The standard InChI is InChI=1S/C14H11BrFN5O/c15-10-6-18-14(21-7-19-20-13(10)21)17-5-9-8-3-4-22-12(8)2-1-11(9)16/h1-2,6-7H,3-5H2,(H,17,18). The van der Waals surface area contributed by atoms with Gasteiger partial charge in [0.25, 0.3) is 0 Å². The number of hydrogen-bond acceptors (Lipinski definition) is 5. The van der Waals surface area contributed by atoms with Gasteiger partial charge in [0.15, 0.2) is 5.65 Å². The van der Waals surface area contributed by atoms with Crippen molar-refractivity contribution in [3.8, 4) is 5.75 Å². The molecule has 0 fully saturated rings. The fourth-order valence-electron chi connectivity index (χ4n) is 2.60. The van der Waals surface area contributed by atoms with Crippen LogP contribution in [0.4, 0.5) is 10.3 Å². The molecule has 3 heterocycles. The van der Waals surface area contributed by atoms with Crippen LogP contribution in [-0.4, -0.2) is 26.2 Å². The van der Waals surface area contributed by atoms with Crippen LogP contribution in [0, 0.1) is 5.82 Å². The van der Waals surface area contributed by atoms with Crippen LogP contribution >= 0.6 is 15.9 Å². The van der Waals surface area contributed by atoms with E-state index in [-0.39, 0.29) is 5.82 Å². The number of halogens is 2. The Kier molecular flexibility index (Phi) is 3.18. The minimum Gasteiger partial charge on any atom is -0.493 e. The fourth-order valence-corrected chi connectivity index (χ4v) is 2.97. The van der Waals surface area contributed by atoms with Crippen molar-refractivity contribution in [3.63, 3.8) is 0 Å². The maximum Gasteiger partial charge on any atom is 0.210 e. The molecule has 0 amide bonds. The average molecular weight is 364 g/mol. The fraction of sp³-hybridized carbons (Fsp3) is 0.214. The number of nitrogens with zero attached hydrogens (tertiary/aromatic N) is 4. The maximum atomic E-state index is 14.1. The first-order chi connectivity index (χ1) is 10.7. The van der Waals surface area contributed by atoms with Crippen LogP contribution in [0.1, 0.15) is 11.1 Å². The summed E-state index contributed by atoms with van der Waals surface area (Å²) < 4.78 is 22.0. The van der Waals surface area contributed by atoms with E-state index in [0.29, 0.717) is 30.3 Å². The van der Waals surface area contributed by atoms with Gasteiger partial charge >= 0.3 is 0 Å². The summed E-state index contributed by atoms with van der Waals surface area (Å²) in [5, 5.41) is 11.0. The molecule has 3 aromatic rings. The lowest BCUT2D eigenvalue weighted by atomic mass is 10.0. The number of fused-ring (bicyclic) bond motifs is 2. The van der Waals surface area contributed by atoms with Crippen LogP contribution in [-0.2, 0) is 13.0 Å². The zero-order valence-electron chi connectivity index (χ0n) is 11.4. The quantitative estimate of drug-likeness (QED) is 0.774. The van der Waals surface area contributed by atoms with Gasteiger partial charge in [0.2, 0.25) is 5.95 Å². The second-order valence-corrected chi connectivity index (χ2v) is 5.76. The Morgan fingerprint density at radius 3 is 3.23 bits per heavy atom. The third kappa shape index (κ3) is 2.10. The first-order valence-electron chi connectivity index (χ1n) is 6.75. The molecule has 0 atom stereocenters. The Morgan fingerprint density at radius 2 is 2.32 bits per heavy atom. The molecule has 0 aliphatic carbocycles. The van der Waals surface area contributed by atoms with Crippen molar-refractivity contribution in [2.75, 3.05) is 11.9 Å². The summed E-state index contributed by atoms with van der Waals surface area (Å²) in [5.74, 6) is 1.07. The molecule has 1 aliphatic rings. The van der Waals surface area contributed by atoms with Gasteiger partial charge in [-0.3, -0.25) is 4.40 Å². The second kappa shape index (κ2) is 5.20. The summed E-state index contributed by atoms with van der Waals surface area (Å²) in [6, 6.07) is 3.11. The van der Waals surface area contributed by atoms with Gasteiger partial charge in [0.1, 0.15) is 17.9 Å². The average Bonchev–Trinajstić information content (AvgIpc) is 3.17. The van der Waals surface area contributed by atoms with Gasteiger partial charge in [-0.2, -0.15) is 0 Å². The van der Waals surface area contributed by atoms with E-state index < -0.39 is 0 Å². The van der Waals surface area contributed by atoms with Crippen LogP contribution in [0.2, 0.25) is 0 Å². The van der Waals surface area contributed by atoms with Crippen molar-refractivity contribution in [3.05, 3.63) is 46.1 Å². The molecule has 4 rings (SSSR count). The smallest absolute Gasteiger partial charge is 0.210 e. The topological polar surface area (TPSA) is 64.3 Å². The number of benzene rings is 1. The molecular weight excluding hydrogens is 353 g/mol. The Morgan fingerprint density at radius 1 is 1.41 bits per heavy atom. The SMILES string of the molecule is Fc1ccc2c(c1CNc1ncc(Br)c3nncn13)CCO2. The Bertz CT molecular complexity index is 866. The third-order valence-electron chi connectivity index (χ3n) is 3.65. The van der Waals surface area contributed by atoms with E-state index in [1.165, 1.54) is 6.07 Å². The monoisotopic (exact) mass is 363 g/mol. The summed E-state index contributed by atoms with van der Waals surface area (Å²) in [4.78, 5) is 4.29. The maximum absolute atomic E-state index is 14.1. The molecule has 6 nitrogen and oxygen atoms in total. The van der Waals surface area contributed by atoms with Gasteiger partial charge in [0, 0.05) is 30.3 Å². The van der Waals surface area contributed by atoms with Crippen molar-refractivity contribution in [1.29, 1.82) is 0 Å². The van der Waals surface area contributed by atoms with Crippen molar-refractivity contribution < 1.29 is 9.13 Å². The molecule has 1 N–H and O–H groups in total. The molecule has 0 radical (unpaired) electrons. The van der Waals surface area contributed by atoms with Gasteiger partial charge in [0.05, 0.1) is 11.1 Å². The van der Waals surface area contributed by atoms with E-state index in [1.54, 1.807) is 23.0 Å². The lowest BCUT2D eigenvalue weighted by molar-refractivity contribution is 0.356. The lowest BCUT2D eigenvalue weighted by Gasteiger charge is -2.11. The van der Waals surface area contributed by atoms with Gasteiger partial charge < -0.3 is 10.1 Å². The van der Waals surface area contributed by atoms with Gasteiger partial charge in [-0.1, -0.05) is 0 Å². The number of hydrogen-bond donors (Lipinski definition) is 1. The molecule has 0 saturated carbocycles. The second-order valence-electron chi connectivity index (χ2n) is 4.91. The van der Waals surface area contributed by atoms with Crippen molar-refractivity contribution in [2.24, 2.45) is 0 Å². The van der Waals surface area contributed by atoms with E-state index in [0.717, 1.165) is 22.2 Å².